The number of hydrogen-bond acceptors (Lipinski definition) is 3. The van der Waals surface area contributed by atoms with Crippen LogP contribution in [0.4, 0.5) is 5.69 Å². The van der Waals surface area contributed by atoms with E-state index in [1.54, 1.807) is 12.4 Å². The van der Waals surface area contributed by atoms with Gasteiger partial charge in [-0.3, -0.25) is 4.98 Å². The fraction of sp³-hybridized carbons (Fsp3) is 0.200. The molecule has 3 aromatic rings. The molecule has 0 saturated heterocycles. The predicted molar refractivity (Wildman–Crippen MR) is 85.4 cm³/mol. The molecule has 20 heavy (non-hydrogen) atoms. The number of benzene rings is 1. The lowest BCUT2D eigenvalue weighted by molar-refractivity contribution is 0.704. The third kappa shape index (κ3) is 2.18. The summed E-state index contributed by atoms with van der Waals surface area (Å²) >= 11 is 3.48. The number of aryl methyl sites for hydroxylation is 1. The van der Waals surface area contributed by atoms with E-state index in [1.807, 2.05) is 24.3 Å². The van der Waals surface area contributed by atoms with E-state index in [4.69, 9.17) is 10.7 Å². The monoisotopic (exact) mass is 330 g/mol. The van der Waals surface area contributed by atoms with Gasteiger partial charge < -0.3 is 10.3 Å². The fourth-order valence-corrected chi connectivity index (χ4v) is 2.70. The van der Waals surface area contributed by atoms with Crippen molar-refractivity contribution < 1.29 is 0 Å². The normalized spacial score (nSPS) is 11.1. The van der Waals surface area contributed by atoms with Crippen molar-refractivity contribution in [1.29, 1.82) is 0 Å². The Kier molecular flexibility index (Phi) is 3.44. The van der Waals surface area contributed by atoms with E-state index in [-0.39, 0.29) is 0 Å². The molecule has 0 fully saturated rings. The van der Waals surface area contributed by atoms with E-state index in [2.05, 4.69) is 32.4 Å². The van der Waals surface area contributed by atoms with Crippen LogP contribution in [0.25, 0.3) is 22.4 Å². The Labute approximate surface area is 125 Å². The summed E-state index contributed by atoms with van der Waals surface area (Å²) < 4.78 is 3.12. The van der Waals surface area contributed by atoms with Crippen LogP contribution in [-0.2, 0) is 6.54 Å². The Balaban J connectivity index is 2.23. The number of nitrogens with zero attached hydrogens (tertiary/aromatic N) is 3. The molecule has 0 atom stereocenters. The van der Waals surface area contributed by atoms with Crippen LogP contribution < -0.4 is 5.73 Å². The van der Waals surface area contributed by atoms with Crippen molar-refractivity contribution in [3.63, 3.8) is 0 Å². The topological polar surface area (TPSA) is 56.7 Å². The molecule has 4 nitrogen and oxygen atoms in total. The van der Waals surface area contributed by atoms with Crippen molar-refractivity contribution in [1.82, 2.24) is 14.5 Å². The van der Waals surface area contributed by atoms with Gasteiger partial charge in [-0.1, -0.05) is 6.92 Å². The van der Waals surface area contributed by atoms with Crippen LogP contribution in [0.3, 0.4) is 0 Å². The fourth-order valence-electron chi connectivity index (χ4n) is 2.32. The maximum Gasteiger partial charge on any atom is 0.141 e. The molecule has 0 bridgehead atoms. The first-order valence-electron chi connectivity index (χ1n) is 6.56. The van der Waals surface area contributed by atoms with Crippen LogP contribution in [0.1, 0.15) is 13.3 Å². The lowest BCUT2D eigenvalue weighted by Crippen LogP contribution is -2.00. The maximum atomic E-state index is 5.85. The Morgan fingerprint density at radius 1 is 1.30 bits per heavy atom. The standard InChI is InChI=1S/C15H15BrN4/c1-2-7-20-14-5-6-18-9-13(14)19-15(20)10-3-4-12(17)11(16)8-10/h3-6,8-9H,2,7,17H2,1H3. The van der Waals surface area contributed by atoms with E-state index in [0.717, 1.165) is 45.5 Å². The highest BCUT2D eigenvalue weighted by Crippen LogP contribution is 2.29. The number of imidazole rings is 1. The van der Waals surface area contributed by atoms with Gasteiger partial charge in [-0.15, -0.1) is 0 Å². The van der Waals surface area contributed by atoms with Crippen molar-refractivity contribution in [2.24, 2.45) is 0 Å². The number of anilines is 1. The zero-order chi connectivity index (χ0) is 14.1. The first-order chi connectivity index (χ1) is 9.70. The molecule has 0 spiro atoms. The smallest absolute Gasteiger partial charge is 0.141 e. The molecule has 5 heteroatoms. The van der Waals surface area contributed by atoms with Gasteiger partial charge in [-0.05, 0) is 46.6 Å². The first kappa shape index (κ1) is 13.1. The van der Waals surface area contributed by atoms with Crippen molar-refractivity contribution in [3.8, 4) is 11.4 Å². The van der Waals surface area contributed by atoms with E-state index in [0.29, 0.717) is 0 Å². The molecule has 0 aliphatic heterocycles. The summed E-state index contributed by atoms with van der Waals surface area (Å²) in [6.45, 7) is 3.09. The highest BCUT2D eigenvalue weighted by Gasteiger charge is 2.12. The number of rotatable bonds is 3. The summed E-state index contributed by atoms with van der Waals surface area (Å²) in [4.78, 5) is 8.86. The Hall–Kier alpha value is -1.88. The highest BCUT2D eigenvalue weighted by molar-refractivity contribution is 9.10. The third-order valence-corrected chi connectivity index (χ3v) is 3.94. The Morgan fingerprint density at radius 3 is 2.90 bits per heavy atom. The number of fused-ring (bicyclic) bond motifs is 1. The van der Waals surface area contributed by atoms with Crippen LogP contribution in [0.2, 0.25) is 0 Å². The molecule has 2 heterocycles. The van der Waals surface area contributed by atoms with E-state index in [1.165, 1.54) is 0 Å². The molecule has 0 radical (unpaired) electrons. The van der Waals surface area contributed by atoms with Crippen LogP contribution in [-0.4, -0.2) is 14.5 Å². The minimum atomic E-state index is 0.730. The van der Waals surface area contributed by atoms with Crippen LogP contribution in [0, 0.1) is 0 Å². The molecule has 0 amide bonds. The average molecular weight is 331 g/mol. The number of halogens is 1. The average Bonchev–Trinajstić information content (AvgIpc) is 2.82. The highest BCUT2D eigenvalue weighted by atomic mass is 79.9. The zero-order valence-corrected chi connectivity index (χ0v) is 12.8. The summed E-state index contributed by atoms with van der Waals surface area (Å²) in [6, 6.07) is 7.91. The molecule has 0 unspecified atom stereocenters. The van der Waals surface area contributed by atoms with Gasteiger partial charge in [0.25, 0.3) is 0 Å². The molecule has 102 valence electrons. The number of pyridine rings is 1. The molecule has 1 aromatic carbocycles. The predicted octanol–water partition coefficient (Wildman–Crippen LogP) is 3.85. The van der Waals surface area contributed by atoms with Gasteiger partial charge in [-0.25, -0.2) is 4.98 Å². The molecule has 2 aromatic heterocycles. The molecule has 3 rings (SSSR count). The minimum Gasteiger partial charge on any atom is -0.398 e. The Bertz CT molecular complexity index is 764. The number of nitrogens with two attached hydrogens (primary N) is 1. The van der Waals surface area contributed by atoms with Gasteiger partial charge in [0.1, 0.15) is 11.3 Å². The SMILES string of the molecule is CCCn1c(-c2ccc(N)c(Br)c2)nc2cnccc21. The second-order valence-corrected chi connectivity index (χ2v) is 5.54. The minimum absolute atomic E-state index is 0.730. The Morgan fingerprint density at radius 2 is 2.15 bits per heavy atom. The van der Waals surface area contributed by atoms with Gasteiger partial charge in [0.15, 0.2) is 0 Å². The summed E-state index contributed by atoms with van der Waals surface area (Å²) in [5.74, 6) is 0.954. The van der Waals surface area contributed by atoms with Gasteiger partial charge in [0.2, 0.25) is 0 Å². The summed E-state index contributed by atoms with van der Waals surface area (Å²) in [5, 5.41) is 0. The maximum absolute atomic E-state index is 5.85. The van der Waals surface area contributed by atoms with Crippen LogP contribution in [0.5, 0.6) is 0 Å². The first-order valence-corrected chi connectivity index (χ1v) is 7.35. The van der Waals surface area contributed by atoms with Crippen LogP contribution in [0.15, 0.2) is 41.1 Å². The van der Waals surface area contributed by atoms with E-state index >= 15 is 0 Å². The van der Waals surface area contributed by atoms with Crippen molar-refractivity contribution in [2.75, 3.05) is 5.73 Å². The quantitative estimate of drug-likeness (QED) is 0.742. The van der Waals surface area contributed by atoms with Crippen molar-refractivity contribution >= 4 is 32.7 Å². The summed E-state index contributed by atoms with van der Waals surface area (Å²) in [7, 11) is 0. The lowest BCUT2D eigenvalue weighted by Gasteiger charge is -2.08. The molecule has 0 aliphatic rings. The molecule has 2 N–H and O–H groups in total. The third-order valence-electron chi connectivity index (χ3n) is 3.26. The van der Waals surface area contributed by atoms with E-state index in [9.17, 15) is 0 Å². The largest absolute Gasteiger partial charge is 0.398 e. The van der Waals surface area contributed by atoms with Crippen molar-refractivity contribution in [2.45, 2.75) is 19.9 Å². The number of hydrogen-bond donors (Lipinski definition) is 1. The van der Waals surface area contributed by atoms with Gasteiger partial charge >= 0.3 is 0 Å². The molecular weight excluding hydrogens is 316 g/mol. The van der Waals surface area contributed by atoms with Gasteiger partial charge in [0, 0.05) is 28.5 Å². The number of aromatic nitrogens is 3. The summed E-state index contributed by atoms with van der Waals surface area (Å²) in [6.07, 6.45) is 4.66. The second kappa shape index (κ2) is 5.25. The number of nitrogen functional groups attached to an aromatic ring is 1. The second-order valence-electron chi connectivity index (χ2n) is 4.69. The zero-order valence-electron chi connectivity index (χ0n) is 11.2. The van der Waals surface area contributed by atoms with Crippen molar-refractivity contribution in [3.05, 3.63) is 41.1 Å². The van der Waals surface area contributed by atoms with Gasteiger partial charge in [0.05, 0.1) is 11.7 Å². The van der Waals surface area contributed by atoms with Crippen LogP contribution >= 0.6 is 15.9 Å². The molecule has 0 saturated carbocycles. The lowest BCUT2D eigenvalue weighted by atomic mass is 10.2. The molecular formula is C15H15BrN4. The van der Waals surface area contributed by atoms with E-state index < -0.39 is 0 Å². The van der Waals surface area contributed by atoms with Gasteiger partial charge in [-0.2, -0.15) is 0 Å². The summed E-state index contributed by atoms with van der Waals surface area (Å²) in [5.41, 5.74) is 9.67. The molecule has 0 aliphatic carbocycles.